The number of carbonyl (C=O) groups is 2. The van der Waals surface area contributed by atoms with Gasteiger partial charge in [0.25, 0.3) is 5.91 Å². The van der Waals surface area contributed by atoms with Gasteiger partial charge in [0.15, 0.2) is 0 Å². The Morgan fingerprint density at radius 2 is 1.76 bits per heavy atom. The monoisotopic (exact) mass is 485 g/mol. The van der Waals surface area contributed by atoms with Crippen molar-refractivity contribution in [2.75, 3.05) is 24.5 Å². The van der Waals surface area contributed by atoms with Gasteiger partial charge in [0.2, 0.25) is 15.8 Å². The highest BCUT2D eigenvalue weighted by molar-refractivity contribution is 7.89. The van der Waals surface area contributed by atoms with Crippen LogP contribution >= 0.6 is 0 Å². The number of nitrogens with zero attached hydrogens (tertiary/aromatic N) is 6. The summed E-state index contributed by atoms with van der Waals surface area (Å²) in [6.45, 7) is 0.271. The normalized spacial score (nSPS) is 18.1. The van der Waals surface area contributed by atoms with Crippen LogP contribution in [0.2, 0.25) is 0 Å². The van der Waals surface area contributed by atoms with Crippen LogP contribution in [0.25, 0.3) is 11.4 Å². The van der Waals surface area contributed by atoms with Crippen molar-refractivity contribution in [1.29, 1.82) is 0 Å². The van der Waals surface area contributed by atoms with Crippen molar-refractivity contribution in [3.63, 3.8) is 0 Å². The van der Waals surface area contributed by atoms with Gasteiger partial charge in [-0.3, -0.25) is 4.79 Å². The number of halogens is 1. The van der Waals surface area contributed by atoms with Crippen molar-refractivity contribution in [1.82, 2.24) is 29.8 Å². The number of hydrogen-bond donors (Lipinski definition) is 1. The molecule has 3 amide bonds. The number of rotatable bonds is 5. The Hall–Kier alpha value is -3.71. The van der Waals surface area contributed by atoms with Crippen molar-refractivity contribution in [3.05, 3.63) is 54.3 Å². The Morgan fingerprint density at radius 3 is 2.44 bits per heavy atom. The van der Waals surface area contributed by atoms with Crippen molar-refractivity contribution in [3.8, 4) is 11.4 Å². The summed E-state index contributed by atoms with van der Waals surface area (Å²) < 4.78 is 41.9. The molecule has 3 aromatic rings. The van der Waals surface area contributed by atoms with E-state index in [1.807, 2.05) is 0 Å². The molecule has 11 nitrogen and oxygen atoms in total. The van der Waals surface area contributed by atoms with E-state index in [0.29, 0.717) is 18.5 Å². The molecule has 0 aliphatic carbocycles. The maximum atomic E-state index is 14.2. The molecule has 2 aromatic carbocycles. The lowest BCUT2D eigenvalue weighted by molar-refractivity contribution is -0.116. The summed E-state index contributed by atoms with van der Waals surface area (Å²) in [6.07, 6.45) is 0.750. The zero-order valence-electron chi connectivity index (χ0n) is 17.8. The average Bonchev–Trinajstić information content (AvgIpc) is 3.48. The minimum atomic E-state index is -3.92. The summed E-state index contributed by atoms with van der Waals surface area (Å²) in [5, 5.41) is 13.0. The summed E-state index contributed by atoms with van der Waals surface area (Å²) in [4.78, 5) is 28.0. The van der Waals surface area contributed by atoms with E-state index in [9.17, 15) is 22.4 Å². The highest BCUT2D eigenvalue weighted by atomic mass is 32.2. The van der Waals surface area contributed by atoms with Gasteiger partial charge in [-0.25, -0.2) is 22.5 Å². The summed E-state index contributed by atoms with van der Waals surface area (Å²) in [5.74, 6) is -1.03. The number of benzene rings is 2. The Labute approximate surface area is 194 Å². The van der Waals surface area contributed by atoms with Crippen molar-refractivity contribution < 1.29 is 22.4 Å². The second-order valence-electron chi connectivity index (χ2n) is 7.99. The molecule has 2 aliphatic rings. The van der Waals surface area contributed by atoms with E-state index in [1.54, 1.807) is 30.3 Å². The maximum Gasteiger partial charge on any atom is 0.332 e. The van der Waals surface area contributed by atoms with Gasteiger partial charge >= 0.3 is 6.03 Å². The molecule has 1 aromatic heterocycles. The molecule has 0 atom stereocenters. The van der Waals surface area contributed by atoms with Crippen LogP contribution in [0.4, 0.5) is 14.9 Å². The van der Waals surface area contributed by atoms with E-state index < -0.39 is 21.9 Å². The third-order valence-electron chi connectivity index (χ3n) is 6.03. The highest BCUT2D eigenvalue weighted by Gasteiger charge is 2.42. The van der Waals surface area contributed by atoms with Crippen LogP contribution in [0.1, 0.15) is 12.8 Å². The number of hydrogen-bond acceptors (Lipinski definition) is 7. The Morgan fingerprint density at radius 1 is 1.03 bits per heavy atom. The quantitative estimate of drug-likeness (QED) is 0.543. The van der Waals surface area contributed by atoms with Gasteiger partial charge in [-0.1, -0.05) is 18.2 Å². The van der Waals surface area contributed by atoms with Gasteiger partial charge in [-0.2, -0.15) is 9.52 Å². The number of carbonyl (C=O) groups excluding carboxylic acids is 2. The first-order valence-electron chi connectivity index (χ1n) is 10.6. The predicted molar refractivity (Wildman–Crippen MR) is 117 cm³/mol. The molecule has 13 heteroatoms. The predicted octanol–water partition coefficient (Wildman–Crippen LogP) is 1.63. The largest absolute Gasteiger partial charge is 0.332 e. The van der Waals surface area contributed by atoms with E-state index in [1.165, 1.54) is 21.3 Å². The fourth-order valence-electron chi connectivity index (χ4n) is 4.29. The molecule has 2 aliphatic heterocycles. The molecular formula is C21H20FN7O4S. The van der Waals surface area contributed by atoms with Gasteiger partial charge in [-0.15, -0.1) is 10.2 Å². The first kappa shape index (κ1) is 22.1. The van der Waals surface area contributed by atoms with E-state index in [0.717, 1.165) is 11.0 Å². The Kier molecular flexibility index (Phi) is 5.57. The smallest absolute Gasteiger partial charge is 0.312 e. The molecule has 2 fully saturated rings. The van der Waals surface area contributed by atoms with E-state index in [2.05, 4.69) is 20.6 Å². The number of tetrazole rings is 1. The number of para-hydroxylation sites is 1. The van der Waals surface area contributed by atoms with Crippen molar-refractivity contribution in [2.45, 2.75) is 23.8 Å². The lowest BCUT2D eigenvalue weighted by Gasteiger charge is -2.35. The summed E-state index contributed by atoms with van der Waals surface area (Å²) in [7, 11) is -3.92. The average molecular weight is 486 g/mol. The van der Waals surface area contributed by atoms with Crippen LogP contribution in [-0.2, 0) is 14.8 Å². The Balaban J connectivity index is 1.30. The summed E-state index contributed by atoms with van der Waals surface area (Å²) >= 11 is 0. The minimum Gasteiger partial charge on any atom is -0.312 e. The summed E-state index contributed by atoms with van der Waals surface area (Å²) in [6, 6.07) is 11.5. The highest BCUT2D eigenvalue weighted by Crippen LogP contribution is 2.29. The minimum absolute atomic E-state index is 0.0445. The number of H-pyrrole nitrogens is 1. The standard InChI is InChI=1S/C21H20FN7O4S/c22-18-7-6-16(12-17(18)20-23-25-26-24-20)34(32,33)27-10-8-14(9-11-27)28-13-19(30)29(21(28)31)15-4-2-1-3-5-15/h1-7,12,14H,8-11,13H2,(H,23,24,25,26). The maximum absolute atomic E-state index is 14.2. The molecule has 0 saturated carbocycles. The molecule has 0 radical (unpaired) electrons. The lowest BCUT2D eigenvalue weighted by Crippen LogP contribution is -2.48. The lowest BCUT2D eigenvalue weighted by atomic mass is 10.1. The second-order valence-corrected chi connectivity index (χ2v) is 9.93. The number of urea groups is 1. The first-order chi connectivity index (χ1) is 16.4. The van der Waals surface area contributed by atoms with E-state index in [-0.39, 0.29) is 47.9 Å². The third kappa shape index (κ3) is 3.82. The number of aromatic nitrogens is 4. The van der Waals surface area contributed by atoms with Gasteiger partial charge < -0.3 is 4.90 Å². The molecule has 5 rings (SSSR count). The van der Waals surface area contributed by atoms with Crippen LogP contribution in [0.3, 0.4) is 0 Å². The van der Waals surface area contributed by atoms with Crippen LogP contribution in [0.15, 0.2) is 53.4 Å². The van der Waals surface area contributed by atoms with Crippen LogP contribution in [0.5, 0.6) is 0 Å². The number of piperidine rings is 1. The number of sulfonamides is 1. The van der Waals surface area contributed by atoms with Crippen molar-refractivity contribution in [2.24, 2.45) is 0 Å². The fourth-order valence-corrected chi connectivity index (χ4v) is 5.79. The number of amides is 3. The molecule has 1 N–H and O–H groups in total. The number of imide groups is 1. The first-order valence-corrected chi connectivity index (χ1v) is 12.0. The molecule has 0 bridgehead atoms. The number of aromatic amines is 1. The van der Waals surface area contributed by atoms with Crippen molar-refractivity contribution >= 4 is 27.6 Å². The molecule has 3 heterocycles. The number of nitrogens with one attached hydrogen (secondary N) is 1. The van der Waals surface area contributed by atoms with E-state index in [4.69, 9.17) is 0 Å². The zero-order chi connectivity index (χ0) is 23.9. The third-order valence-corrected chi connectivity index (χ3v) is 7.93. The van der Waals surface area contributed by atoms with Gasteiger partial charge in [-0.05, 0) is 48.4 Å². The van der Waals surface area contributed by atoms with Gasteiger partial charge in [0.05, 0.1) is 16.1 Å². The molecule has 0 unspecified atom stereocenters. The molecular weight excluding hydrogens is 465 g/mol. The second kappa shape index (κ2) is 8.57. The SMILES string of the molecule is O=C1CN(C2CCN(S(=O)(=O)c3ccc(F)c(-c4nn[nH]n4)c3)CC2)C(=O)N1c1ccccc1. The zero-order valence-corrected chi connectivity index (χ0v) is 18.7. The van der Waals surface area contributed by atoms with E-state index >= 15 is 0 Å². The molecule has 2 saturated heterocycles. The Bertz CT molecular complexity index is 1330. The fraction of sp³-hybridized carbons (Fsp3) is 0.286. The topological polar surface area (TPSA) is 132 Å². The van der Waals surface area contributed by atoms with Gasteiger partial charge in [0.1, 0.15) is 12.4 Å². The summed E-state index contributed by atoms with van der Waals surface area (Å²) in [5.41, 5.74) is 0.431. The van der Waals surface area contributed by atoms with Crippen LogP contribution < -0.4 is 4.90 Å². The molecule has 176 valence electrons. The number of anilines is 1. The molecule has 34 heavy (non-hydrogen) atoms. The van der Waals surface area contributed by atoms with Crippen LogP contribution in [0, 0.1) is 5.82 Å². The van der Waals surface area contributed by atoms with Crippen LogP contribution in [-0.4, -0.2) is 75.9 Å². The van der Waals surface area contributed by atoms with Gasteiger partial charge in [0, 0.05) is 19.1 Å². The molecule has 0 spiro atoms.